The second kappa shape index (κ2) is 5.70. The van der Waals surface area contributed by atoms with Crippen LogP contribution in [-0.2, 0) is 16.1 Å². The van der Waals surface area contributed by atoms with Gasteiger partial charge in [0.2, 0.25) is 5.91 Å². The van der Waals surface area contributed by atoms with Gasteiger partial charge in [0, 0.05) is 25.0 Å². The van der Waals surface area contributed by atoms with E-state index in [1.807, 2.05) is 37.8 Å². The Bertz CT molecular complexity index is 422. The van der Waals surface area contributed by atoms with Gasteiger partial charge in [-0.3, -0.25) is 9.78 Å². The Balaban J connectivity index is 1.94. The Labute approximate surface area is 114 Å². The zero-order valence-electron chi connectivity index (χ0n) is 11.9. The van der Waals surface area contributed by atoms with Gasteiger partial charge in [-0.05, 0) is 51.3 Å². The van der Waals surface area contributed by atoms with Crippen LogP contribution in [0.4, 0.5) is 0 Å². The SMILES string of the molecule is CC(C)(C)OCC(=O)N(Cc1ccncc1)C1CC1. The molecule has 0 spiro atoms. The predicted molar refractivity (Wildman–Crippen MR) is 73.5 cm³/mol. The van der Waals surface area contributed by atoms with Crippen LogP contribution in [0, 0.1) is 0 Å². The lowest BCUT2D eigenvalue weighted by molar-refractivity contribution is -0.142. The van der Waals surface area contributed by atoms with Crippen molar-refractivity contribution in [1.82, 2.24) is 9.88 Å². The van der Waals surface area contributed by atoms with Gasteiger partial charge in [-0.1, -0.05) is 0 Å². The minimum Gasteiger partial charge on any atom is -0.366 e. The van der Waals surface area contributed by atoms with Crippen LogP contribution in [0.3, 0.4) is 0 Å². The first-order valence-electron chi connectivity index (χ1n) is 6.78. The van der Waals surface area contributed by atoms with Crippen LogP contribution in [0.15, 0.2) is 24.5 Å². The molecule has 0 unspecified atom stereocenters. The van der Waals surface area contributed by atoms with E-state index in [-0.39, 0.29) is 18.1 Å². The molecule has 0 aromatic carbocycles. The first-order chi connectivity index (χ1) is 8.96. The minimum atomic E-state index is -0.276. The third kappa shape index (κ3) is 4.63. The third-order valence-electron chi connectivity index (χ3n) is 3.04. The summed E-state index contributed by atoms with van der Waals surface area (Å²) < 4.78 is 5.58. The number of nitrogens with zero attached hydrogens (tertiary/aromatic N) is 2. The average molecular weight is 262 g/mol. The Morgan fingerprint density at radius 3 is 2.53 bits per heavy atom. The number of carbonyl (C=O) groups is 1. The van der Waals surface area contributed by atoms with Gasteiger partial charge < -0.3 is 9.64 Å². The average Bonchev–Trinajstić information content (AvgIpc) is 3.18. The van der Waals surface area contributed by atoms with E-state index in [9.17, 15) is 4.79 Å². The first-order valence-corrected chi connectivity index (χ1v) is 6.78. The van der Waals surface area contributed by atoms with Crippen molar-refractivity contribution < 1.29 is 9.53 Å². The maximum atomic E-state index is 12.3. The molecular formula is C15H22N2O2. The van der Waals surface area contributed by atoms with Gasteiger partial charge in [-0.25, -0.2) is 0 Å². The van der Waals surface area contributed by atoms with Crippen LogP contribution in [-0.4, -0.2) is 34.0 Å². The summed E-state index contributed by atoms with van der Waals surface area (Å²) in [5.41, 5.74) is 0.840. The second-order valence-electron chi connectivity index (χ2n) is 6.01. The summed E-state index contributed by atoms with van der Waals surface area (Å²) in [5.74, 6) is 0.0780. The summed E-state index contributed by atoms with van der Waals surface area (Å²) in [7, 11) is 0. The van der Waals surface area contributed by atoms with E-state index in [4.69, 9.17) is 4.74 Å². The summed E-state index contributed by atoms with van der Waals surface area (Å²) in [6.45, 7) is 6.70. The fraction of sp³-hybridized carbons (Fsp3) is 0.600. The van der Waals surface area contributed by atoms with Gasteiger partial charge in [0.25, 0.3) is 0 Å². The Morgan fingerprint density at radius 1 is 1.37 bits per heavy atom. The van der Waals surface area contributed by atoms with Crippen LogP contribution in [0.25, 0.3) is 0 Å². The Hall–Kier alpha value is -1.42. The van der Waals surface area contributed by atoms with Gasteiger partial charge in [0.05, 0.1) is 5.60 Å². The second-order valence-corrected chi connectivity index (χ2v) is 6.01. The van der Waals surface area contributed by atoms with Crippen molar-refractivity contribution in [1.29, 1.82) is 0 Å². The number of aromatic nitrogens is 1. The van der Waals surface area contributed by atoms with E-state index in [0.29, 0.717) is 12.6 Å². The van der Waals surface area contributed by atoms with Crippen molar-refractivity contribution in [3.63, 3.8) is 0 Å². The number of amides is 1. The standard InChI is InChI=1S/C15H22N2O2/c1-15(2,3)19-11-14(18)17(13-4-5-13)10-12-6-8-16-9-7-12/h6-9,13H,4-5,10-11H2,1-3H3. The van der Waals surface area contributed by atoms with E-state index in [1.54, 1.807) is 12.4 Å². The smallest absolute Gasteiger partial charge is 0.249 e. The number of rotatable bonds is 5. The molecule has 104 valence electrons. The number of hydrogen-bond donors (Lipinski definition) is 0. The van der Waals surface area contributed by atoms with Crippen molar-refractivity contribution in [3.05, 3.63) is 30.1 Å². The summed E-state index contributed by atoms with van der Waals surface area (Å²) in [6, 6.07) is 4.30. The fourth-order valence-corrected chi connectivity index (χ4v) is 1.85. The number of carbonyl (C=O) groups excluding carboxylic acids is 1. The van der Waals surface area contributed by atoms with Crippen molar-refractivity contribution in [2.45, 2.75) is 51.8 Å². The first kappa shape index (κ1) is 14.0. The maximum Gasteiger partial charge on any atom is 0.249 e. The van der Waals surface area contributed by atoms with Crippen LogP contribution in [0.2, 0.25) is 0 Å². The zero-order chi connectivity index (χ0) is 13.9. The molecule has 0 atom stereocenters. The van der Waals surface area contributed by atoms with Crippen LogP contribution in [0.1, 0.15) is 39.2 Å². The molecule has 2 rings (SSSR count). The highest BCUT2D eigenvalue weighted by Crippen LogP contribution is 2.28. The summed E-state index contributed by atoms with van der Waals surface area (Å²) >= 11 is 0. The lowest BCUT2D eigenvalue weighted by Gasteiger charge is -2.25. The molecule has 1 heterocycles. The van der Waals surface area contributed by atoms with Gasteiger partial charge >= 0.3 is 0 Å². The zero-order valence-corrected chi connectivity index (χ0v) is 11.9. The topological polar surface area (TPSA) is 42.4 Å². The molecule has 1 aromatic rings. The molecule has 1 aromatic heterocycles. The van der Waals surface area contributed by atoms with Crippen molar-refractivity contribution in [2.75, 3.05) is 6.61 Å². The molecule has 1 saturated carbocycles. The lowest BCUT2D eigenvalue weighted by atomic mass is 10.2. The number of hydrogen-bond acceptors (Lipinski definition) is 3. The molecule has 4 nitrogen and oxygen atoms in total. The maximum absolute atomic E-state index is 12.3. The Kier molecular flexibility index (Phi) is 4.20. The van der Waals surface area contributed by atoms with E-state index < -0.39 is 0 Å². The van der Waals surface area contributed by atoms with Crippen LogP contribution >= 0.6 is 0 Å². The summed E-state index contributed by atoms with van der Waals surface area (Å²) in [5, 5.41) is 0. The third-order valence-corrected chi connectivity index (χ3v) is 3.04. The Morgan fingerprint density at radius 2 is 2.00 bits per heavy atom. The van der Waals surface area contributed by atoms with Gasteiger partial charge in [-0.15, -0.1) is 0 Å². The molecule has 0 radical (unpaired) electrons. The highest BCUT2D eigenvalue weighted by molar-refractivity contribution is 5.78. The van der Waals surface area contributed by atoms with E-state index >= 15 is 0 Å². The fourth-order valence-electron chi connectivity index (χ4n) is 1.85. The molecular weight excluding hydrogens is 240 g/mol. The largest absolute Gasteiger partial charge is 0.366 e. The van der Waals surface area contributed by atoms with Crippen LogP contribution < -0.4 is 0 Å². The monoisotopic (exact) mass is 262 g/mol. The predicted octanol–water partition coefficient (Wildman–Crippen LogP) is 2.39. The molecule has 0 N–H and O–H groups in total. The molecule has 0 saturated heterocycles. The lowest BCUT2D eigenvalue weighted by Crippen LogP contribution is -2.37. The molecule has 0 bridgehead atoms. The van der Waals surface area contributed by atoms with Crippen molar-refractivity contribution >= 4 is 5.91 Å². The summed E-state index contributed by atoms with van der Waals surface area (Å²) in [6.07, 6.45) is 5.73. The van der Waals surface area contributed by atoms with E-state index in [1.165, 1.54) is 0 Å². The normalized spacial score (nSPS) is 15.3. The molecule has 1 aliphatic rings. The number of pyridine rings is 1. The molecule has 0 aliphatic heterocycles. The highest BCUT2D eigenvalue weighted by Gasteiger charge is 2.32. The van der Waals surface area contributed by atoms with Crippen molar-refractivity contribution in [2.24, 2.45) is 0 Å². The van der Waals surface area contributed by atoms with E-state index in [2.05, 4.69) is 4.98 Å². The van der Waals surface area contributed by atoms with Gasteiger partial charge in [0.1, 0.15) is 6.61 Å². The van der Waals surface area contributed by atoms with Crippen LogP contribution in [0.5, 0.6) is 0 Å². The molecule has 1 fully saturated rings. The molecule has 19 heavy (non-hydrogen) atoms. The number of ether oxygens (including phenoxy) is 1. The minimum absolute atomic E-state index is 0.0780. The highest BCUT2D eigenvalue weighted by atomic mass is 16.5. The molecule has 1 aliphatic carbocycles. The quantitative estimate of drug-likeness (QED) is 0.818. The van der Waals surface area contributed by atoms with Gasteiger partial charge in [-0.2, -0.15) is 0 Å². The van der Waals surface area contributed by atoms with E-state index in [0.717, 1.165) is 18.4 Å². The van der Waals surface area contributed by atoms with Gasteiger partial charge in [0.15, 0.2) is 0 Å². The van der Waals surface area contributed by atoms with Crippen molar-refractivity contribution in [3.8, 4) is 0 Å². The molecule has 4 heteroatoms. The summed E-state index contributed by atoms with van der Waals surface area (Å²) in [4.78, 5) is 18.2. The molecule has 1 amide bonds.